The lowest BCUT2D eigenvalue weighted by Crippen LogP contribution is -2.77. The standard InChI is InChI=1S/C22H32FN3O3/c1-4-25(15-14-24(2)3)19(27)16-26-21(28)20(22(26)12-6-5-7-13-22)29-18-10-8-17(23)9-11-18/h8-11,20H,4-7,12-16H2,1-3H3. The van der Waals surface area contributed by atoms with E-state index in [1.165, 1.54) is 12.1 Å². The lowest BCUT2D eigenvalue weighted by atomic mass is 9.70. The summed E-state index contributed by atoms with van der Waals surface area (Å²) in [5.41, 5.74) is -0.430. The lowest BCUT2D eigenvalue weighted by Gasteiger charge is -2.58. The molecule has 0 radical (unpaired) electrons. The van der Waals surface area contributed by atoms with Gasteiger partial charge in [0.05, 0.1) is 5.54 Å². The smallest absolute Gasteiger partial charge is 0.267 e. The first-order valence-electron chi connectivity index (χ1n) is 10.5. The number of ether oxygens (including phenoxy) is 1. The number of halogens is 1. The molecule has 1 atom stereocenters. The summed E-state index contributed by atoms with van der Waals surface area (Å²) in [6.45, 7) is 4.12. The highest BCUT2D eigenvalue weighted by atomic mass is 19.1. The third-order valence-corrected chi connectivity index (χ3v) is 6.15. The molecule has 1 unspecified atom stereocenters. The van der Waals surface area contributed by atoms with Gasteiger partial charge in [-0.3, -0.25) is 9.59 Å². The highest BCUT2D eigenvalue weighted by molar-refractivity contribution is 5.94. The van der Waals surface area contributed by atoms with Crippen molar-refractivity contribution in [3.8, 4) is 5.75 Å². The number of nitrogens with zero attached hydrogens (tertiary/aromatic N) is 3. The second-order valence-corrected chi connectivity index (χ2v) is 8.32. The maximum Gasteiger partial charge on any atom is 0.267 e. The topological polar surface area (TPSA) is 53.1 Å². The lowest BCUT2D eigenvalue weighted by molar-refractivity contribution is -0.188. The van der Waals surface area contributed by atoms with Crippen LogP contribution in [0.3, 0.4) is 0 Å². The number of likely N-dealkylation sites (N-methyl/N-ethyl adjacent to an activating group) is 2. The zero-order valence-electron chi connectivity index (χ0n) is 17.7. The van der Waals surface area contributed by atoms with Gasteiger partial charge in [0, 0.05) is 19.6 Å². The molecular weight excluding hydrogens is 373 g/mol. The fourth-order valence-corrected chi connectivity index (χ4v) is 4.42. The van der Waals surface area contributed by atoms with Crippen molar-refractivity contribution in [3.63, 3.8) is 0 Å². The van der Waals surface area contributed by atoms with Gasteiger partial charge in [0.2, 0.25) is 5.91 Å². The zero-order chi connectivity index (χ0) is 21.0. The molecule has 2 aliphatic rings. The number of hydrogen-bond acceptors (Lipinski definition) is 4. The van der Waals surface area contributed by atoms with Gasteiger partial charge in [-0.15, -0.1) is 0 Å². The number of β-lactam (4-membered cyclic amide) rings is 1. The summed E-state index contributed by atoms with van der Waals surface area (Å²) in [6.07, 6.45) is 4.23. The van der Waals surface area contributed by atoms with Crippen LogP contribution >= 0.6 is 0 Å². The minimum absolute atomic E-state index is 0.0205. The summed E-state index contributed by atoms with van der Waals surface area (Å²) in [5, 5.41) is 0. The van der Waals surface area contributed by atoms with Crippen LogP contribution in [0.1, 0.15) is 39.0 Å². The van der Waals surface area contributed by atoms with E-state index >= 15 is 0 Å². The van der Waals surface area contributed by atoms with Crippen molar-refractivity contribution in [2.75, 3.05) is 40.3 Å². The van der Waals surface area contributed by atoms with Crippen LogP contribution in [0.4, 0.5) is 4.39 Å². The molecule has 29 heavy (non-hydrogen) atoms. The zero-order valence-corrected chi connectivity index (χ0v) is 17.7. The van der Waals surface area contributed by atoms with E-state index < -0.39 is 11.6 Å². The Morgan fingerprint density at radius 1 is 1.17 bits per heavy atom. The summed E-state index contributed by atoms with van der Waals surface area (Å²) in [4.78, 5) is 31.4. The quantitative estimate of drug-likeness (QED) is 0.624. The van der Waals surface area contributed by atoms with Crippen LogP contribution in [-0.2, 0) is 9.59 Å². The number of benzene rings is 1. The van der Waals surface area contributed by atoms with Crippen LogP contribution < -0.4 is 4.74 Å². The molecule has 7 heteroatoms. The molecule has 2 fully saturated rings. The second kappa shape index (κ2) is 9.11. The molecule has 160 valence electrons. The van der Waals surface area contributed by atoms with E-state index in [9.17, 15) is 14.0 Å². The van der Waals surface area contributed by atoms with E-state index in [-0.39, 0.29) is 24.2 Å². The molecule has 1 aliphatic carbocycles. The first-order chi connectivity index (χ1) is 13.9. The van der Waals surface area contributed by atoms with Crippen molar-refractivity contribution in [1.82, 2.24) is 14.7 Å². The summed E-state index contributed by atoms with van der Waals surface area (Å²) in [5.74, 6) is -0.0165. The van der Waals surface area contributed by atoms with E-state index in [0.29, 0.717) is 18.8 Å². The van der Waals surface area contributed by atoms with Crippen molar-refractivity contribution < 1.29 is 18.7 Å². The van der Waals surface area contributed by atoms with Crippen LogP contribution in [0.5, 0.6) is 5.75 Å². The van der Waals surface area contributed by atoms with Gasteiger partial charge in [-0.25, -0.2) is 4.39 Å². The molecular formula is C22H32FN3O3. The van der Waals surface area contributed by atoms with E-state index in [1.54, 1.807) is 21.9 Å². The van der Waals surface area contributed by atoms with Crippen molar-refractivity contribution in [1.29, 1.82) is 0 Å². The van der Waals surface area contributed by atoms with E-state index in [2.05, 4.69) is 0 Å². The highest BCUT2D eigenvalue weighted by Gasteiger charge is 2.62. The predicted molar refractivity (Wildman–Crippen MR) is 109 cm³/mol. The molecule has 3 rings (SSSR count). The van der Waals surface area contributed by atoms with Gasteiger partial charge in [0.15, 0.2) is 6.10 Å². The molecule has 1 aromatic rings. The van der Waals surface area contributed by atoms with Crippen molar-refractivity contribution in [2.45, 2.75) is 50.7 Å². The van der Waals surface area contributed by atoms with Crippen LogP contribution in [0, 0.1) is 5.82 Å². The Morgan fingerprint density at radius 3 is 2.41 bits per heavy atom. The Hall–Kier alpha value is -2.15. The number of rotatable bonds is 8. The minimum Gasteiger partial charge on any atom is -0.478 e. The molecule has 6 nitrogen and oxygen atoms in total. The molecule has 1 heterocycles. The van der Waals surface area contributed by atoms with Crippen LogP contribution in [0.25, 0.3) is 0 Å². The van der Waals surface area contributed by atoms with E-state index in [4.69, 9.17) is 4.74 Å². The van der Waals surface area contributed by atoms with Gasteiger partial charge in [-0.05, 0) is 58.1 Å². The average Bonchev–Trinajstić information content (AvgIpc) is 2.72. The largest absolute Gasteiger partial charge is 0.478 e. The number of amides is 2. The van der Waals surface area contributed by atoms with Gasteiger partial charge in [-0.1, -0.05) is 19.3 Å². The number of carbonyl (C=O) groups excluding carboxylic acids is 2. The van der Waals surface area contributed by atoms with Crippen molar-refractivity contribution >= 4 is 11.8 Å². The van der Waals surface area contributed by atoms with Crippen molar-refractivity contribution in [2.24, 2.45) is 0 Å². The fraction of sp³-hybridized carbons (Fsp3) is 0.636. The molecule has 0 aromatic heterocycles. The van der Waals surface area contributed by atoms with Gasteiger partial charge in [-0.2, -0.15) is 0 Å². The van der Waals surface area contributed by atoms with E-state index in [1.807, 2.05) is 25.9 Å². The second-order valence-electron chi connectivity index (χ2n) is 8.32. The first kappa shape index (κ1) is 21.6. The SMILES string of the molecule is CCN(CCN(C)C)C(=O)CN1C(=O)C(Oc2ccc(F)cc2)C12CCCCC2. The van der Waals surface area contributed by atoms with Gasteiger partial charge >= 0.3 is 0 Å². The van der Waals surface area contributed by atoms with Gasteiger partial charge < -0.3 is 19.4 Å². The van der Waals surface area contributed by atoms with Gasteiger partial charge in [0.25, 0.3) is 5.91 Å². The minimum atomic E-state index is -0.599. The predicted octanol–water partition coefficient (Wildman–Crippen LogP) is 2.53. The van der Waals surface area contributed by atoms with Crippen LogP contribution in [-0.4, -0.2) is 78.4 Å². The summed E-state index contributed by atoms with van der Waals surface area (Å²) in [6, 6.07) is 5.76. The maximum atomic E-state index is 13.2. The number of likely N-dealkylation sites (tertiary alicyclic amines) is 1. The Morgan fingerprint density at radius 2 is 1.83 bits per heavy atom. The van der Waals surface area contributed by atoms with Gasteiger partial charge in [0.1, 0.15) is 18.1 Å². The Labute approximate surface area is 172 Å². The Balaban J connectivity index is 1.72. The molecule has 1 aliphatic heterocycles. The van der Waals surface area contributed by atoms with Crippen LogP contribution in [0.15, 0.2) is 24.3 Å². The Kier molecular flexibility index (Phi) is 6.77. The molecule has 1 spiro atoms. The maximum absolute atomic E-state index is 13.2. The number of hydrogen-bond donors (Lipinski definition) is 0. The monoisotopic (exact) mass is 405 g/mol. The molecule has 1 saturated heterocycles. The molecule has 0 N–H and O–H groups in total. The third-order valence-electron chi connectivity index (χ3n) is 6.15. The fourth-order valence-electron chi connectivity index (χ4n) is 4.42. The molecule has 1 aromatic carbocycles. The molecule has 0 bridgehead atoms. The first-order valence-corrected chi connectivity index (χ1v) is 10.5. The van der Waals surface area contributed by atoms with E-state index in [0.717, 1.165) is 38.6 Å². The number of carbonyl (C=O) groups is 2. The third kappa shape index (κ3) is 4.55. The average molecular weight is 406 g/mol. The summed E-state index contributed by atoms with van der Waals surface area (Å²) in [7, 11) is 3.96. The van der Waals surface area contributed by atoms with Crippen LogP contribution in [0.2, 0.25) is 0 Å². The Bertz CT molecular complexity index is 717. The normalized spacial score (nSPS) is 20.7. The highest BCUT2D eigenvalue weighted by Crippen LogP contribution is 2.45. The summed E-state index contributed by atoms with van der Waals surface area (Å²) < 4.78 is 19.2. The molecule has 2 amide bonds. The summed E-state index contributed by atoms with van der Waals surface area (Å²) >= 11 is 0. The molecule has 1 saturated carbocycles. The van der Waals surface area contributed by atoms with Crippen molar-refractivity contribution in [3.05, 3.63) is 30.1 Å².